The van der Waals surface area contributed by atoms with Crippen LogP contribution in [0.5, 0.6) is 5.75 Å². The van der Waals surface area contributed by atoms with E-state index in [0.717, 1.165) is 33.8 Å². The molecule has 0 amide bonds. The molecular formula is C14H18BrN3O2S. The third-order valence-electron chi connectivity index (χ3n) is 3.06. The Morgan fingerprint density at radius 3 is 3.00 bits per heavy atom. The second kappa shape index (κ2) is 7.70. The molecule has 1 N–H and O–H groups in total. The van der Waals surface area contributed by atoms with Gasteiger partial charge in [0.15, 0.2) is 5.16 Å². The van der Waals surface area contributed by atoms with Gasteiger partial charge in [-0.05, 0) is 24.6 Å². The summed E-state index contributed by atoms with van der Waals surface area (Å²) < 4.78 is 8.06. The van der Waals surface area contributed by atoms with Crippen LogP contribution in [0.3, 0.4) is 0 Å². The smallest absolute Gasteiger partial charge is 0.343 e. The zero-order valence-electron chi connectivity index (χ0n) is 12.1. The lowest BCUT2D eigenvalue weighted by Crippen LogP contribution is -2.17. The Labute approximate surface area is 136 Å². The number of methoxy groups -OCH3 is 1. The van der Waals surface area contributed by atoms with E-state index in [4.69, 9.17) is 4.74 Å². The predicted molar refractivity (Wildman–Crippen MR) is 88.0 cm³/mol. The lowest BCUT2D eigenvalue weighted by Gasteiger charge is -2.09. The minimum Gasteiger partial charge on any atom is -0.496 e. The fraction of sp³-hybridized carbons (Fsp3) is 0.429. The molecule has 0 saturated heterocycles. The molecular weight excluding hydrogens is 354 g/mol. The molecule has 2 aromatic rings. The summed E-state index contributed by atoms with van der Waals surface area (Å²) >= 11 is 4.99. The highest BCUT2D eigenvalue weighted by Gasteiger charge is 2.11. The minimum absolute atomic E-state index is 0.146. The van der Waals surface area contributed by atoms with Crippen LogP contribution in [-0.4, -0.2) is 21.9 Å². The van der Waals surface area contributed by atoms with Gasteiger partial charge in [-0.1, -0.05) is 41.0 Å². The van der Waals surface area contributed by atoms with E-state index in [9.17, 15) is 4.79 Å². The monoisotopic (exact) mass is 371 g/mol. The van der Waals surface area contributed by atoms with Gasteiger partial charge < -0.3 is 4.74 Å². The number of hydrogen-bond acceptors (Lipinski definition) is 4. The third kappa shape index (κ3) is 4.14. The molecule has 2 rings (SSSR count). The number of aromatic amines is 1. The van der Waals surface area contributed by atoms with Gasteiger partial charge in [-0.3, -0.25) is 4.57 Å². The Hall–Kier alpha value is -1.21. The summed E-state index contributed by atoms with van der Waals surface area (Å²) in [6.45, 7) is 2.80. The van der Waals surface area contributed by atoms with Crippen LogP contribution in [0, 0.1) is 0 Å². The van der Waals surface area contributed by atoms with E-state index < -0.39 is 0 Å². The number of aromatic nitrogens is 3. The zero-order chi connectivity index (χ0) is 15.2. The number of benzene rings is 1. The second-order valence-electron chi connectivity index (χ2n) is 4.56. The van der Waals surface area contributed by atoms with Crippen LogP contribution in [0.2, 0.25) is 0 Å². The number of nitrogens with zero attached hydrogens (tertiary/aromatic N) is 2. The van der Waals surface area contributed by atoms with Crippen LogP contribution >= 0.6 is 27.7 Å². The average molecular weight is 372 g/mol. The normalized spacial score (nSPS) is 10.8. The molecule has 0 atom stereocenters. The van der Waals surface area contributed by atoms with E-state index >= 15 is 0 Å². The number of ether oxygens (including phenoxy) is 1. The maximum absolute atomic E-state index is 11.7. The van der Waals surface area contributed by atoms with E-state index in [1.807, 2.05) is 18.2 Å². The van der Waals surface area contributed by atoms with E-state index in [1.54, 1.807) is 11.7 Å². The molecule has 1 heterocycles. The molecule has 114 valence electrons. The highest BCUT2D eigenvalue weighted by molar-refractivity contribution is 9.10. The van der Waals surface area contributed by atoms with Crippen LogP contribution in [0.15, 0.2) is 32.6 Å². The molecule has 0 aliphatic heterocycles. The number of thioether (sulfide) groups is 1. The van der Waals surface area contributed by atoms with Gasteiger partial charge in [-0.25, -0.2) is 9.89 Å². The molecule has 21 heavy (non-hydrogen) atoms. The first-order chi connectivity index (χ1) is 10.2. The van der Waals surface area contributed by atoms with Crippen molar-refractivity contribution in [3.05, 3.63) is 38.7 Å². The Kier molecular flexibility index (Phi) is 5.93. The first kappa shape index (κ1) is 16.2. The van der Waals surface area contributed by atoms with E-state index in [0.29, 0.717) is 12.3 Å². The molecule has 1 aromatic heterocycles. The van der Waals surface area contributed by atoms with Gasteiger partial charge in [0, 0.05) is 22.3 Å². The highest BCUT2D eigenvalue weighted by Crippen LogP contribution is 2.29. The van der Waals surface area contributed by atoms with Gasteiger partial charge >= 0.3 is 5.69 Å². The molecule has 0 bridgehead atoms. The Morgan fingerprint density at radius 1 is 1.48 bits per heavy atom. The summed E-state index contributed by atoms with van der Waals surface area (Å²) in [6, 6.07) is 5.89. The molecule has 0 radical (unpaired) electrons. The molecule has 0 unspecified atom stereocenters. The number of hydrogen-bond donors (Lipinski definition) is 1. The molecule has 5 nitrogen and oxygen atoms in total. The summed E-state index contributed by atoms with van der Waals surface area (Å²) in [6.07, 6.45) is 2.01. The van der Waals surface area contributed by atoms with E-state index in [-0.39, 0.29) is 5.69 Å². The maximum atomic E-state index is 11.7. The Bertz CT molecular complexity index is 654. The lowest BCUT2D eigenvalue weighted by atomic mass is 10.2. The van der Waals surface area contributed by atoms with E-state index in [2.05, 4.69) is 33.1 Å². The molecule has 0 fully saturated rings. The molecule has 0 saturated carbocycles. The fourth-order valence-corrected chi connectivity index (χ4v) is 3.29. The van der Waals surface area contributed by atoms with Gasteiger partial charge in [-0.2, -0.15) is 0 Å². The summed E-state index contributed by atoms with van der Waals surface area (Å²) in [4.78, 5) is 11.7. The second-order valence-corrected chi connectivity index (χ2v) is 6.42. The van der Waals surface area contributed by atoms with Crippen molar-refractivity contribution in [3.8, 4) is 5.75 Å². The zero-order valence-corrected chi connectivity index (χ0v) is 14.5. The van der Waals surface area contributed by atoms with Crippen molar-refractivity contribution in [1.29, 1.82) is 0 Å². The van der Waals surface area contributed by atoms with Gasteiger partial charge in [0.05, 0.1) is 7.11 Å². The molecule has 7 heteroatoms. The van der Waals surface area contributed by atoms with Crippen LogP contribution in [0.1, 0.15) is 25.3 Å². The largest absolute Gasteiger partial charge is 0.496 e. The van der Waals surface area contributed by atoms with Crippen molar-refractivity contribution in [1.82, 2.24) is 14.8 Å². The quantitative estimate of drug-likeness (QED) is 0.757. The van der Waals surface area contributed by atoms with Crippen molar-refractivity contribution < 1.29 is 4.74 Å². The van der Waals surface area contributed by atoms with Crippen molar-refractivity contribution >= 4 is 27.7 Å². The number of halogens is 1. The van der Waals surface area contributed by atoms with Crippen LogP contribution < -0.4 is 10.4 Å². The van der Waals surface area contributed by atoms with Crippen molar-refractivity contribution in [2.24, 2.45) is 0 Å². The predicted octanol–water partition coefficient (Wildman–Crippen LogP) is 3.43. The molecule has 0 aliphatic rings. The Morgan fingerprint density at radius 2 is 2.29 bits per heavy atom. The van der Waals surface area contributed by atoms with Crippen LogP contribution in [-0.2, 0) is 12.3 Å². The average Bonchev–Trinajstić information content (AvgIpc) is 2.83. The number of H-pyrrole nitrogens is 1. The molecule has 0 spiro atoms. The highest BCUT2D eigenvalue weighted by atomic mass is 79.9. The van der Waals surface area contributed by atoms with Crippen molar-refractivity contribution in [2.75, 3.05) is 7.11 Å². The van der Waals surface area contributed by atoms with Crippen LogP contribution in [0.25, 0.3) is 0 Å². The van der Waals surface area contributed by atoms with Gasteiger partial charge in [0.2, 0.25) is 0 Å². The SMILES string of the molecule is CCCCn1c(SCc2cc(Br)ccc2OC)n[nH]c1=O. The summed E-state index contributed by atoms with van der Waals surface area (Å²) in [5.74, 6) is 1.53. The third-order valence-corrected chi connectivity index (χ3v) is 4.58. The lowest BCUT2D eigenvalue weighted by molar-refractivity contribution is 0.411. The standard InChI is InChI=1S/C14H18BrN3O2S/c1-3-4-7-18-13(19)16-17-14(18)21-9-10-8-11(15)5-6-12(10)20-2/h5-6,8H,3-4,7,9H2,1-2H3,(H,16,19). The number of nitrogens with one attached hydrogen (secondary N) is 1. The number of unbranched alkanes of at least 4 members (excludes halogenated alkanes) is 1. The molecule has 0 aliphatic carbocycles. The van der Waals surface area contributed by atoms with E-state index in [1.165, 1.54) is 11.8 Å². The minimum atomic E-state index is -0.146. The fourth-order valence-electron chi connectivity index (χ4n) is 1.93. The number of rotatable bonds is 7. The van der Waals surface area contributed by atoms with Crippen LogP contribution in [0.4, 0.5) is 0 Å². The van der Waals surface area contributed by atoms with Crippen molar-refractivity contribution in [2.45, 2.75) is 37.2 Å². The summed E-state index contributed by atoms with van der Waals surface area (Å²) in [7, 11) is 1.66. The first-order valence-electron chi connectivity index (χ1n) is 6.76. The summed E-state index contributed by atoms with van der Waals surface area (Å²) in [5, 5.41) is 7.33. The Balaban J connectivity index is 2.13. The summed E-state index contributed by atoms with van der Waals surface area (Å²) in [5.41, 5.74) is 0.918. The molecule has 1 aromatic carbocycles. The topological polar surface area (TPSA) is 59.9 Å². The van der Waals surface area contributed by atoms with Gasteiger partial charge in [-0.15, -0.1) is 5.10 Å². The maximum Gasteiger partial charge on any atom is 0.343 e. The van der Waals surface area contributed by atoms with Gasteiger partial charge in [0.1, 0.15) is 5.75 Å². The first-order valence-corrected chi connectivity index (χ1v) is 8.54. The van der Waals surface area contributed by atoms with Crippen molar-refractivity contribution in [3.63, 3.8) is 0 Å². The van der Waals surface area contributed by atoms with Gasteiger partial charge in [0.25, 0.3) is 0 Å².